The Morgan fingerprint density at radius 2 is 2.39 bits per heavy atom. The lowest BCUT2D eigenvalue weighted by Gasteiger charge is -2.04. The van der Waals surface area contributed by atoms with Crippen molar-refractivity contribution in [1.82, 2.24) is 9.55 Å². The minimum Gasteiger partial charge on any atom is -0.448 e. The predicted molar refractivity (Wildman–Crippen MR) is 67.4 cm³/mol. The van der Waals surface area contributed by atoms with Crippen molar-refractivity contribution in [3.63, 3.8) is 0 Å². The zero-order valence-corrected chi connectivity index (χ0v) is 10.2. The van der Waals surface area contributed by atoms with E-state index in [4.69, 9.17) is 23.2 Å². The normalized spacial score (nSPS) is 10.2. The number of aromatic amines is 1. The van der Waals surface area contributed by atoms with Gasteiger partial charge in [-0.25, -0.2) is 4.79 Å². The maximum atomic E-state index is 10.5. The summed E-state index contributed by atoms with van der Waals surface area (Å²) >= 11 is 5.16. The molecule has 0 atom stereocenters. The van der Waals surface area contributed by atoms with Crippen LogP contribution in [0.15, 0.2) is 18.2 Å². The molecule has 0 aliphatic heterocycles. The lowest BCUT2D eigenvalue weighted by molar-refractivity contribution is 0.152. The fraction of sp³-hybridized carbons (Fsp3) is 0.182. The molecule has 1 heterocycles. The Balaban J connectivity index is 2.36. The largest absolute Gasteiger partial charge is 0.448 e. The van der Waals surface area contributed by atoms with E-state index in [0.717, 1.165) is 11.0 Å². The summed E-state index contributed by atoms with van der Waals surface area (Å²) in [7, 11) is 0. The molecule has 0 unspecified atom stereocenters. The van der Waals surface area contributed by atoms with E-state index >= 15 is 0 Å². The number of amides is 1. The van der Waals surface area contributed by atoms with Crippen molar-refractivity contribution in [1.29, 1.82) is 5.26 Å². The van der Waals surface area contributed by atoms with Crippen LogP contribution >= 0.6 is 12.2 Å². The minimum atomic E-state index is -0.820. The van der Waals surface area contributed by atoms with Gasteiger partial charge in [-0.05, 0) is 30.4 Å². The van der Waals surface area contributed by atoms with Crippen molar-refractivity contribution in [3.8, 4) is 6.07 Å². The Morgan fingerprint density at radius 3 is 3.06 bits per heavy atom. The SMILES string of the molecule is N#Cc1ccc2[nH]c(=S)n(CCOC(N)=O)c2c1. The first-order valence-corrected chi connectivity index (χ1v) is 5.57. The second-order valence-corrected chi connectivity index (χ2v) is 3.98. The van der Waals surface area contributed by atoms with Crippen LogP contribution < -0.4 is 5.73 Å². The quantitative estimate of drug-likeness (QED) is 0.822. The van der Waals surface area contributed by atoms with Crippen molar-refractivity contribution in [2.24, 2.45) is 5.73 Å². The summed E-state index contributed by atoms with van der Waals surface area (Å²) < 4.78 is 6.93. The summed E-state index contributed by atoms with van der Waals surface area (Å²) in [4.78, 5) is 13.5. The number of nitriles is 1. The summed E-state index contributed by atoms with van der Waals surface area (Å²) in [5.74, 6) is 0. The van der Waals surface area contributed by atoms with E-state index < -0.39 is 6.09 Å². The Labute approximate surface area is 108 Å². The number of nitrogens with zero attached hydrogens (tertiary/aromatic N) is 2. The molecule has 0 spiro atoms. The number of carbonyl (C=O) groups excluding carboxylic acids is 1. The fourth-order valence-electron chi connectivity index (χ4n) is 1.68. The molecule has 2 rings (SSSR count). The third kappa shape index (κ3) is 2.33. The van der Waals surface area contributed by atoms with Crippen LogP contribution in [0, 0.1) is 16.1 Å². The monoisotopic (exact) mass is 262 g/mol. The first-order chi connectivity index (χ1) is 8.61. The molecule has 0 fully saturated rings. The molecule has 7 heteroatoms. The third-order valence-electron chi connectivity index (χ3n) is 2.46. The van der Waals surface area contributed by atoms with Crippen molar-refractivity contribution in [2.45, 2.75) is 6.54 Å². The van der Waals surface area contributed by atoms with Crippen LogP contribution in [0.3, 0.4) is 0 Å². The number of carbonyl (C=O) groups is 1. The number of aromatic nitrogens is 2. The molecule has 0 saturated heterocycles. The van der Waals surface area contributed by atoms with Crippen LogP contribution in [-0.2, 0) is 11.3 Å². The molecule has 1 aromatic carbocycles. The van der Waals surface area contributed by atoms with Crippen molar-refractivity contribution >= 4 is 29.3 Å². The van der Waals surface area contributed by atoms with E-state index in [2.05, 4.69) is 15.8 Å². The Morgan fingerprint density at radius 1 is 1.61 bits per heavy atom. The van der Waals surface area contributed by atoms with Gasteiger partial charge in [-0.3, -0.25) is 0 Å². The first-order valence-electron chi connectivity index (χ1n) is 5.16. The van der Waals surface area contributed by atoms with E-state index in [-0.39, 0.29) is 6.61 Å². The molecular formula is C11H10N4O2S. The predicted octanol–water partition coefficient (Wildman–Crippen LogP) is 1.67. The number of primary amides is 1. The summed E-state index contributed by atoms with van der Waals surface area (Å²) in [6.07, 6.45) is -0.820. The van der Waals surface area contributed by atoms with Gasteiger partial charge in [0.15, 0.2) is 4.77 Å². The van der Waals surface area contributed by atoms with Gasteiger partial charge in [-0.1, -0.05) is 0 Å². The van der Waals surface area contributed by atoms with Gasteiger partial charge in [-0.15, -0.1) is 0 Å². The Kier molecular flexibility index (Phi) is 3.30. The zero-order valence-electron chi connectivity index (χ0n) is 9.34. The highest BCUT2D eigenvalue weighted by molar-refractivity contribution is 7.71. The third-order valence-corrected chi connectivity index (χ3v) is 2.79. The van der Waals surface area contributed by atoms with Crippen LogP contribution in [0.2, 0.25) is 0 Å². The van der Waals surface area contributed by atoms with Gasteiger partial charge < -0.3 is 20.0 Å². The summed E-state index contributed by atoms with van der Waals surface area (Å²) in [5, 5.41) is 8.86. The molecule has 92 valence electrons. The fourth-order valence-corrected chi connectivity index (χ4v) is 1.98. The number of H-pyrrole nitrogens is 1. The van der Waals surface area contributed by atoms with Crippen LogP contribution in [0.4, 0.5) is 4.79 Å². The Hall–Kier alpha value is -2.33. The molecule has 0 saturated carbocycles. The molecule has 2 aromatic rings. The highest BCUT2D eigenvalue weighted by Gasteiger charge is 2.06. The number of hydrogen-bond acceptors (Lipinski definition) is 4. The average molecular weight is 262 g/mol. The van der Waals surface area contributed by atoms with Gasteiger partial charge in [0, 0.05) is 0 Å². The topological polar surface area (TPSA) is 96.8 Å². The van der Waals surface area contributed by atoms with Crippen molar-refractivity contribution < 1.29 is 9.53 Å². The molecule has 0 aliphatic rings. The van der Waals surface area contributed by atoms with Gasteiger partial charge in [0.1, 0.15) is 6.61 Å². The Bertz CT molecular complexity index is 695. The molecule has 1 aromatic heterocycles. The summed E-state index contributed by atoms with van der Waals surface area (Å²) in [6.45, 7) is 0.518. The second-order valence-electron chi connectivity index (χ2n) is 3.59. The highest BCUT2D eigenvalue weighted by atomic mass is 32.1. The van der Waals surface area contributed by atoms with E-state index in [0.29, 0.717) is 16.9 Å². The van der Waals surface area contributed by atoms with Gasteiger partial charge in [-0.2, -0.15) is 5.26 Å². The molecule has 0 radical (unpaired) electrons. The van der Waals surface area contributed by atoms with Crippen molar-refractivity contribution in [2.75, 3.05) is 6.61 Å². The first kappa shape index (κ1) is 12.1. The lowest BCUT2D eigenvalue weighted by Crippen LogP contribution is -2.16. The molecule has 6 nitrogen and oxygen atoms in total. The van der Waals surface area contributed by atoms with Gasteiger partial charge in [0.2, 0.25) is 0 Å². The van der Waals surface area contributed by atoms with Gasteiger partial charge in [0.05, 0.1) is 29.2 Å². The van der Waals surface area contributed by atoms with Crippen molar-refractivity contribution in [3.05, 3.63) is 28.5 Å². The minimum absolute atomic E-state index is 0.132. The molecule has 0 bridgehead atoms. The summed E-state index contributed by atoms with van der Waals surface area (Å²) in [5.41, 5.74) is 7.05. The van der Waals surface area contributed by atoms with E-state index in [9.17, 15) is 4.79 Å². The van der Waals surface area contributed by atoms with Crippen LogP contribution in [0.25, 0.3) is 11.0 Å². The number of imidazole rings is 1. The standard InChI is InChI=1S/C11H10N4O2S/c12-6-7-1-2-8-9(5-7)15(11(18)14-8)3-4-17-10(13)16/h1-2,5H,3-4H2,(H2,13,16)(H,14,18). The van der Waals surface area contributed by atoms with E-state index in [1.165, 1.54) is 0 Å². The molecular weight excluding hydrogens is 252 g/mol. The number of rotatable bonds is 3. The number of hydrogen-bond donors (Lipinski definition) is 2. The van der Waals surface area contributed by atoms with Crippen LogP contribution in [0.5, 0.6) is 0 Å². The van der Waals surface area contributed by atoms with E-state index in [1.54, 1.807) is 22.8 Å². The smallest absolute Gasteiger partial charge is 0.404 e. The zero-order chi connectivity index (χ0) is 13.1. The van der Waals surface area contributed by atoms with E-state index in [1.807, 2.05) is 0 Å². The number of nitrogens with one attached hydrogen (secondary N) is 1. The highest BCUT2D eigenvalue weighted by Crippen LogP contribution is 2.15. The average Bonchev–Trinajstić information content (AvgIpc) is 2.64. The molecule has 3 N–H and O–H groups in total. The van der Waals surface area contributed by atoms with Crippen LogP contribution in [-0.4, -0.2) is 22.3 Å². The maximum Gasteiger partial charge on any atom is 0.404 e. The molecule has 18 heavy (non-hydrogen) atoms. The number of fused-ring (bicyclic) bond motifs is 1. The second kappa shape index (κ2) is 4.89. The maximum absolute atomic E-state index is 10.5. The molecule has 0 aliphatic carbocycles. The van der Waals surface area contributed by atoms with Gasteiger partial charge in [0.25, 0.3) is 0 Å². The number of nitrogens with two attached hydrogens (primary N) is 1. The van der Waals surface area contributed by atoms with Gasteiger partial charge >= 0.3 is 6.09 Å². The summed E-state index contributed by atoms with van der Waals surface area (Å²) in [6, 6.07) is 7.28. The number of ether oxygens (including phenoxy) is 1. The number of benzene rings is 1. The lowest BCUT2D eigenvalue weighted by atomic mass is 10.2. The molecule has 1 amide bonds. The van der Waals surface area contributed by atoms with Crippen LogP contribution in [0.1, 0.15) is 5.56 Å².